The summed E-state index contributed by atoms with van der Waals surface area (Å²) in [5.41, 5.74) is -3.97. The molecule has 0 bridgehead atoms. The quantitative estimate of drug-likeness (QED) is 0.499. The van der Waals surface area contributed by atoms with E-state index in [4.69, 9.17) is 9.47 Å². The molecule has 1 saturated heterocycles. The van der Waals surface area contributed by atoms with Gasteiger partial charge in [-0.15, -0.1) is 0 Å². The number of phenols is 1. The lowest BCUT2D eigenvalue weighted by Gasteiger charge is -2.45. The number of amides is 2. The number of carbonyl (C=O) groups excluding carboxylic acids is 2. The van der Waals surface area contributed by atoms with Gasteiger partial charge in [-0.2, -0.15) is 13.2 Å². The number of ether oxygens (including phenoxy) is 2. The Balaban J connectivity index is 2.15. The van der Waals surface area contributed by atoms with Gasteiger partial charge in [0.05, 0.1) is 19.8 Å². The highest BCUT2D eigenvalue weighted by molar-refractivity contribution is 6.00. The molecule has 0 radical (unpaired) electrons. The van der Waals surface area contributed by atoms with Crippen LogP contribution in [0, 0.1) is 5.92 Å². The predicted molar refractivity (Wildman–Crippen MR) is 106 cm³/mol. The van der Waals surface area contributed by atoms with Crippen LogP contribution in [0.1, 0.15) is 28.9 Å². The molecule has 8 nitrogen and oxygen atoms in total. The van der Waals surface area contributed by atoms with Crippen molar-refractivity contribution in [2.45, 2.75) is 24.9 Å². The predicted octanol–water partition coefficient (Wildman–Crippen LogP) is 2.90. The van der Waals surface area contributed by atoms with Crippen LogP contribution in [0.3, 0.4) is 0 Å². The second-order valence-electron chi connectivity index (χ2n) is 7.07. The van der Waals surface area contributed by atoms with Crippen molar-refractivity contribution in [2.24, 2.45) is 5.92 Å². The lowest BCUT2D eigenvalue weighted by Crippen LogP contribution is -2.72. The van der Waals surface area contributed by atoms with Gasteiger partial charge in [0.25, 0.3) is 0 Å². The van der Waals surface area contributed by atoms with E-state index in [9.17, 15) is 33.0 Å². The number of hydrogen-bond acceptors (Lipinski definition) is 6. The molecule has 3 atom stereocenters. The second kappa shape index (κ2) is 8.58. The summed E-state index contributed by atoms with van der Waals surface area (Å²) >= 11 is 0. The number of halogens is 3. The van der Waals surface area contributed by atoms with Crippen LogP contribution < -0.4 is 20.1 Å². The number of benzene rings is 2. The van der Waals surface area contributed by atoms with Gasteiger partial charge >= 0.3 is 12.2 Å². The molecule has 1 aliphatic rings. The number of rotatable bonds is 6. The van der Waals surface area contributed by atoms with Crippen molar-refractivity contribution in [2.75, 3.05) is 13.7 Å². The van der Waals surface area contributed by atoms with E-state index in [1.807, 2.05) is 0 Å². The Morgan fingerprint density at radius 2 is 1.84 bits per heavy atom. The summed E-state index contributed by atoms with van der Waals surface area (Å²) in [6.45, 7) is 1.78. The monoisotopic (exact) mass is 454 g/mol. The molecule has 2 aromatic carbocycles. The van der Waals surface area contributed by atoms with Gasteiger partial charge in [-0.05, 0) is 48.9 Å². The normalized spacial score (nSPS) is 23.1. The fourth-order valence-corrected chi connectivity index (χ4v) is 3.55. The van der Waals surface area contributed by atoms with Crippen molar-refractivity contribution in [1.82, 2.24) is 10.6 Å². The second-order valence-corrected chi connectivity index (χ2v) is 7.07. The van der Waals surface area contributed by atoms with Crippen LogP contribution in [0.15, 0.2) is 42.5 Å². The Morgan fingerprint density at radius 1 is 1.19 bits per heavy atom. The van der Waals surface area contributed by atoms with Crippen molar-refractivity contribution in [1.29, 1.82) is 0 Å². The van der Waals surface area contributed by atoms with Gasteiger partial charge in [-0.3, -0.25) is 4.79 Å². The standard InChI is InChI=1S/C21H21F3N2O6/c1-3-32-15-10-12(6-9-14(15)27)17-16(18(28)11-4-7-13(31-2)8-5-11)20(30,21(22,23)24)26-19(29)25-17/h4-10,16-17,27,30H,3H2,1-2H3,(H2,25,26,29)/t16-,17+,20-/m1/s1. The third-order valence-electron chi connectivity index (χ3n) is 5.11. The van der Waals surface area contributed by atoms with Gasteiger partial charge in [0.2, 0.25) is 5.72 Å². The van der Waals surface area contributed by atoms with E-state index in [0.717, 1.165) is 6.07 Å². The third-order valence-corrected chi connectivity index (χ3v) is 5.11. The topological polar surface area (TPSA) is 117 Å². The number of ketones is 1. The smallest absolute Gasteiger partial charge is 0.437 e. The molecule has 1 aliphatic heterocycles. The minimum atomic E-state index is -5.38. The highest BCUT2D eigenvalue weighted by atomic mass is 19.4. The summed E-state index contributed by atoms with van der Waals surface area (Å²) < 4.78 is 52.2. The van der Waals surface area contributed by atoms with E-state index < -0.39 is 35.7 Å². The van der Waals surface area contributed by atoms with E-state index in [0.29, 0.717) is 5.75 Å². The van der Waals surface area contributed by atoms with E-state index in [2.05, 4.69) is 5.32 Å². The zero-order valence-electron chi connectivity index (χ0n) is 17.1. The number of phenolic OH excluding ortho intramolecular Hbond substituents is 1. The van der Waals surface area contributed by atoms with Crippen molar-refractivity contribution in [3.63, 3.8) is 0 Å². The van der Waals surface area contributed by atoms with Gasteiger partial charge in [0, 0.05) is 5.56 Å². The summed E-state index contributed by atoms with van der Waals surface area (Å²) in [5, 5.41) is 24.3. The lowest BCUT2D eigenvalue weighted by molar-refractivity contribution is -0.287. The maximum Gasteiger partial charge on any atom is 0.437 e. The first kappa shape index (κ1) is 23.2. The molecule has 0 aliphatic carbocycles. The van der Waals surface area contributed by atoms with Gasteiger partial charge < -0.3 is 30.3 Å². The van der Waals surface area contributed by atoms with Crippen LogP contribution in [0.4, 0.5) is 18.0 Å². The summed E-state index contributed by atoms with van der Waals surface area (Å²) in [7, 11) is 1.39. The average Bonchev–Trinajstić information content (AvgIpc) is 2.74. The molecule has 11 heteroatoms. The zero-order valence-corrected chi connectivity index (χ0v) is 17.1. The lowest BCUT2D eigenvalue weighted by atomic mass is 9.77. The third kappa shape index (κ3) is 4.15. The number of methoxy groups -OCH3 is 1. The van der Waals surface area contributed by atoms with Gasteiger partial charge in [0.15, 0.2) is 17.3 Å². The number of aliphatic hydroxyl groups is 1. The number of urea groups is 1. The molecule has 4 N–H and O–H groups in total. The number of Topliss-reactive ketones (excluding diaryl/α,β-unsaturated/α-hetero) is 1. The fraction of sp³-hybridized carbons (Fsp3) is 0.333. The molecule has 0 spiro atoms. The van der Waals surface area contributed by atoms with Crippen LogP contribution in [-0.4, -0.2) is 47.6 Å². The number of nitrogens with one attached hydrogen (secondary N) is 2. The zero-order chi connectivity index (χ0) is 23.7. The maximum atomic E-state index is 14.0. The van der Waals surface area contributed by atoms with Gasteiger partial charge in [-0.25, -0.2) is 4.79 Å². The number of hydrogen-bond donors (Lipinski definition) is 4. The first-order chi connectivity index (χ1) is 15.0. The molecule has 2 aromatic rings. The first-order valence-corrected chi connectivity index (χ1v) is 9.53. The van der Waals surface area contributed by atoms with Crippen molar-refractivity contribution >= 4 is 11.8 Å². The summed E-state index contributed by atoms with van der Waals surface area (Å²) in [5.74, 6) is -3.23. The molecule has 0 unspecified atom stereocenters. The minimum absolute atomic E-state index is 0.0237. The summed E-state index contributed by atoms with van der Waals surface area (Å²) in [4.78, 5) is 25.3. The number of alkyl halides is 3. The highest BCUT2D eigenvalue weighted by Gasteiger charge is 2.66. The van der Waals surface area contributed by atoms with Crippen LogP contribution >= 0.6 is 0 Å². The molecular weight excluding hydrogens is 433 g/mol. The molecule has 1 heterocycles. The van der Waals surface area contributed by atoms with Crippen LogP contribution in [-0.2, 0) is 0 Å². The van der Waals surface area contributed by atoms with Crippen molar-refractivity contribution in [3.05, 3.63) is 53.6 Å². The summed E-state index contributed by atoms with van der Waals surface area (Å²) in [6, 6.07) is 5.98. The Kier molecular flexibility index (Phi) is 6.22. The SMILES string of the molecule is CCOc1cc([C@@H]2NC(=O)N[C@](O)(C(F)(F)F)[C@H]2C(=O)c2ccc(OC)cc2)ccc1O. The minimum Gasteiger partial charge on any atom is -0.504 e. The van der Waals surface area contributed by atoms with Gasteiger partial charge in [0.1, 0.15) is 11.7 Å². The number of aromatic hydroxyl groups is 1. The van der Waals surface area contributed by atoms with E-state index in [1.165, 1.54) is 48.8 Å². The van der Waals surface area contributed by atoms with Crippen LogP contribution in [0.5, 0.6) is 17.2 Å². The first-order valence-electron chi connectivity index (χ1n) is 9.53. The maximum absolute atomic E-state index is 14.0. The highest BCUT2D eigenvalue weighted by Crippen LogP contribution is 2.45. The largest absolute Gasteiger partial charge is 0.504 e. The van der Waals surface area contributed by atoms with Crippen LogP contribution in [0.25, 0.3) is 0 Å². The molecule has 0 aromatic heterocycles. The Labute approximate surface area is 181 Å². The average molecular weight is 454 g/mol. The number of carbonyl (C=O) groups is 2. The Morgan fingerprint density at radius 3 is 2.41 bits per heavy atom. The van der Waals surface area contributed by atoms with Gasteiger partial charge in [-0.1, -0.05) is 6.07 Å². The van der Waals surface area contributed by atoms with Crippen molar-refractivity contribution in [3.8, 4) is 17.2 Å². The molecule has 3 rings (SSSR count). The van der Waals surface area contributed by atoms with Crippen molar-refractivity contribution < 1.29 is 42.4 Å². The molecule has 32 heavy (non-hydrogen) atoms. The Bertz CT molecular complexity index is 1010. The fourth-order valence-electron chi connectivity index (χ4n) is 3.55. The van der Waals surface area contributed by atoms with Crippen LogP contribution in [0.2, 0.25) is 0 Å². The van der Waals surface area contributed by atoms with E-state index in [-0.39, 0.29) is 29.2 Å². The molecule has 1 fully saturated rings. The van der Waals surface area contributed by atoms with E-state index >= 15 is 0 Å². The molecular formula is C21H21F3N2O6. The Hall–Kier alpha value is -3.47. The van der Waals surface area contributed by atoms with E-state index in [1.54, 1.807) is 6.92 Å². The molecule has 172 valence electrons. The molecule has 2 amide bonds. The summed E-state index contributed by atoms with van der Waals surface area (Å²) in [6.07, 6.45) is -5.38. The molecule has 0 saturated carbocycles.